The van der Waals surface area contributed by atoms with E-state index in [1.54, 1.807) is 55.3 Å². The monoisotopic (exact) mass is 288 g/mol. The summed E-state index contributed by atoms with van der Waals surface area (Å²) in [6, 6.07) is 14.1. The molecule has 0 bridgehead atoms. The summed E-state index contributed by atoms with van der Waals surface area (Å²) in [5.74, 6) is 0.366. The molecular weight excluding hydrogens is 272 g/mol. The number of methoxy groups -OCH3 is 1. The molecule has 0 aliphatic carbocycles. The smallest absolute Gasteiger partial charge is 0.195 e. The van der Waals surface area contributed by atoms with Gasteiger partial charge >= 0.3 is 0 Å². The lowest BCUT2D eigenvalue weighted by molar-refractivity contribution is 0.0747. The van der Waals surface area contributed by atoms with Gasteiger partial charge in [0, 0.05) is 10.5 Å². The van der Waals surface area contributed by atoms with E-state index in [4.69, 9.17) is 4.74 Å². The van der Waals surface area contributed by atoms with Crippen LogP contribution in [0.5, 0.6) is 5.75 Å². The number of aliphatic hydroxyl groups excluding tert-OH is 1. The molecule has 1 unspecified atom stereocenters. The van der Waals surface area contributed by atoms with E-state index in [2.05, 4.69) is 0 Å². The lowest BCUT2D eigenvalue weighted by atomic mass is 10.00. The van der Waals surface area contributed by atoms with E-state index in [0.717, 1.165) is 4.90 Å². The van der Waals surface area contributed by atoms with Gasteiger partial charge in [0.15, 0.2) is 5.78 Å². The first-order chi connectivity index (χ1) is 9.65. The molecule has 104 valence electrons. The summed E-state index contributed by atoms with van der Waals surface area (Å²) < 4.78 is 5.04. The van der Waals surface area contributed by atoms with E-state index in [1.807, 2.05) is 18.4 Å². The number of ether oxygens (including phenoxy) is 1. The minimum Gasteiger partial charge on any atom is -0.497 e. The Morgan fingerprint density at radius 3 is 2.20 bits per heavy atom. The molecule has 3 nitrogen and oxygen atoms in total. The predicted octanol–water partition coefficient (Wildman–Crippen LogP) is 3.33. The Morgan fingerprint density at radius 1 is 1.10 bits per heavy atom. The fourth-order valence-electron chi connectivity index (χ4n) is 1.85. The summed E-state index contributed by atoms with van der Waals surface area (Å²) in [7, 11) is 1.57. The summed E-state index contributed by atoms with van der Waals surface area (Å²) in [4.78, 5) is 13.3. The Bertz CT molecular complexity index is 576. The van der Waals surface area contributed by atoms with E-state index >= 15 is 0 Å². The molecular formula is C16H16O3S. The number of benzene rings is 2. The van der Waals surface area contributed by atoms with Crippen molar-refractivity contribution in [3.63, 3.8) is 0 Å². The highest BCUT2D eigenvalue weighted by atomic mass is 32.2. The molecule has 0 fully saturated rings. The van der Waals surface area contributed by atoms with Gasteiger partial charge in [-0.15, -0.1) is 11.8 Å². The maximum absolute atomic E-state index is 12.2. The number of thioether (sulfide) groups is 1. The maximum atomic E-state index is 12.2. The summed E-state index contributed by atoms with van der Waals surface area (Å²) in [5.41, 5.74) is 1.07. The Balaban J connectivity index is 2.17. The molecule has 1 atom stereocenters. The summed E-state index contributed by atoms with van der Waals surface area (Å²) in [6.45, 7) is 0. The minimum atomic E-state index is -1.14. The molecule has 0 heterocycles. The molecule has 20 heavy (non-hydrogen) atoms. The summed E-state index contributed by atoms with van der Waals surface area (Å²) in [6.07, 6.45) is 0.841. The number of aliphatic hydroxyl groups is 1. The number of Topliss-reactive ketones (excluding diaryl/α,β-unsaturated/α-hetero) is 1. The molecule has 0 radical (unpaired) electrons. The second-order valence-electron chi connectivity index (χ2n) is 4.27. The van der Waals surface area contributed by atoms with Gasteiger partial charge in [-0.25, -0.2) is 0 Å². The van der Waals surface area contributed by atoms with Crippen LogP contribution in [0.1, 0.15) is 22.0 Å². The number of hydrogen-bond donors (Lipinski definition) is 1. The zero-order valence-corrected chi connectivity index (χ0v) is 12.2. The van der Waals surface area contributed by atoms with Gasteiger partial charge in [0.05, 0.1) is 7.11 Å². The number of carbonyl (C=O) groups is 1. The van der Waals surface area contributed by atoms with Gasteiger partial charge < -0.3 is 9.84 Å². The average molecular weight is 288 g/mol. The summed E-state index contributed by atoms with van der Waals surface area (Å²) >= 11 is 1.62. The molecule has 0 spiro atoms. The third-order valence-corrected chi connectivity index (χ3v) is 3.80. The first-order valence-electron chi connectivity index (χ1n) is 6.16. The highest BCUT2D eigenvalue weighted by molar-refractivity contribution is 7.98. The van der Waals surface area contributed by atoms with Crippen molar-refractivity contribution < 1.29 is 14.6 Å². The molecule has 1 N–H and O–H groups in total. The topological polar surface area (TPSA) is 46.5 Å². The number of carbonyl (C=O) groups excluding carboxylic acids is 1. The van der Waals surface area contributed by atoms with E-state index in [-0.39, 0.29) is 5.78 Å². The van der Waals surface area contributed by atoms with Crippen LogP contribution in [0.3, 0.4) is 0 Å². The van der Waals surface area contributed by atoms with Crippen LogP contribution in [0.15, 0.2) is 53.4 Å². The van der Waals surface area contributed by atoms with Crippen molar-refractivity contribution in [1.82, 2.24) is 0 Å². The first-order valence-corrected chi connectivity index (χ1v) is 7.38. The van der Waals surface area contributed by atoms with Crippen molar-refractivity contribution in [1.29, 1.82) is 0 Å². The molecule has 0 aliphatic heterocycles. The first kappa shape index (κ1) is 14.6. The zero-order valence-electron chi connectivity index (χ0n) is 11.4. The van der Waals surface area contributed by atoms with Gasteiger partial charge in [-0.3, -0.25) is 4.79 Å². The van der Waals surface area contributed by atoms with Crippen LogP contribution < -0.4 is 4.74 Å². The Labute approximate surface area is 122 Å². The van der Waals surface area contributed by atoms with Gasteiger partial charge in [-0.2, -0.15) is 0 Å². The van der Waals surface area contributed by atoms with Crippen molar-refractivity contribution in [3.05, 3.63) is 59.7 Å². The highest BCUT2D eigenvalue weighted by Crippen LogP contribution is 2.23. The van der Waals surface area contributed by atoms with Crippen LogP contribution in [-0.2, 0) is 0 Å². The van der Waals surface area contributed by atoms with E-state index in [1.165, 1.54) is 0 Å². The van der Waals surface area contributed by atoms with E-state index in [0.29, 0.717) is 16.9 Å². The molecule has 2 aromatic rings. The standard InChI is InChI=1S/C16H16O3S/c1-19-13-7-3-11(4-8-13)15(17)16(18)12-5-9-14(20-2)10-6-12/h3-10,16,18H,1-2H3. The second-order valence-corrected chi connectivity index (χ2v) is 5.15. The van der Waals surface area contributed by atoms with Crippen molar-refractivity contribution in [2.24, 2.45) is 0 Å². The van der Waals surface area contributed by atoms with Crippen molar-refractivity contribution in [3.8, 4) is 5.75 Å². The largest absolute Gasteiger partial charge is 0.497 e. The Morgan fingerprint density at radius 2 is 1.70 bits per heavy atom. The van der Waals surface area contributed by atoms with Crippen molar-refractivity contribution in [2.75, 3.05) is 13.4 Å². The molecule has 0 saturated carbocycles. The van der Waals surface area contributed by atoms with Crippen LogP contribution in [0, 0.1) is 0 Å². The molecule has 0 amide bonds. The summed E-state index contributed by atoms with van der Waals surface area (Å²) in [5, 5.41) is 10.1. The van der Waals surface area contributed by atoms with E-state index < -0.39 is 6.10 Å². The van der Waals surface area contributed by atoms with Gasteiger partial charge in [-0.1, -0.05) is 12.1 Å². The fourth-order valence-corrected chi connectivity index (χ4v) is 2.26. The van der Waals surface area contributed by atoms with Crippen LogP contribution in [-0.4, -0.2) is 24.3 Å². The van der Waals surface area contributed by atoms with Crippen LogP contribution in [0.4, 0.5) is 0 Å². The molecule has 2 rings (SSSR count). The second kappa shape index (κ2) is 6.59. The molecule has 0 saturated heterocycles. The van der Waals surface area contributed by atoms with Crippen LogP contribution in [0.25, 0.3) is 0 Å². The quantitative estimate of drug-likeness (QED) is 0.677. The minimum absolute atomic E-state index is 0.315. The van der Waals surface area contributed by atoms with Gasteiger partial charge in [0.25, 0.3) is 0 Å². The Hall–Kier alpha value is -1.78. The van der Waals surface area contributed by atoms with Gasteiger partial charge in [0.2, 0.25) is 0 Å². The number of rotatable bonds is 5. The van der Waals surface area contributed by atoms with E-state index in [9.17, 15) is 9.90 Å². The number of ketones is 1. The highest BCUT2D eigenvalue weighted by Gasteiger charge is 2.19. The molecule has 0 aliphatic rings. The fraction of sp³-hybridized carbons (Fsp3) is 0.188. The third-order valence-electron chi connectivity index (χ3n) is 3.05. The number of hydrogen-bond acceptors (Lipinski definition) is 4. The van der Waals surface area contributed by atoms with Crippen molar-refractivity contribution in [2.45, 2.75) is 11.0 Å². The molecule has 4 heteroatoms. The third kappa shape index (κ3) is 3.21. The van der Waals surface area contributed by atoms with Gasteiger partial charge in [-0.05, 0) is 48.2 Å². The molecule has 2 aromatic carbocycles. The predicted molar refractivity (Wildman–Crippen MR) is 80.5 cm³/mol. The van der Waals surface area contributed by atoms with Crippen molar-refractivity contribution >= 4 is 17.5 Å². The Kier molecular flexibility index (Phi) is 4.82. The molecule has 0 aromatic heterocycles. The van der Waals surface area contributed by atoms with Crippen LogP contribution in [0.2, 0.25) is 0 Å². The lowest BCUT2D eigenvalue weighted by Crippen LogP contribution is -2.12. The van der Waals surface area contributed by atoms with Crippen LogP contribution >= 0.6 is 11.8 Å². The SMILES string of the molecule is COc1ccc(C(=O)C(O)c2ccc(SC)cc2)cc1. The zero-order chi connectivity index (χ0) is 14.5. The average Bonchev–Trinajstić information content (AvgIpc) is 2.53. The lowest BCUT2D eigenvalue weighted by Gasteiger charge is -2.11. The van der Waals surface area contributed by atoms with Gasteiger partial charge in [0.1, 0.15) is 11.9 Å². The normalized spacial score (nSPS) is 11.9. The maximum Gasteiger partial charge on any atom is 0.195 e.